The van der Waals surface area contributed by atoms with Crippen molar-refractivity contribution in [1.29, 1.82) is 0 Å². The lowest BCUT2D eigenvalue weighted by Crippen LogP contribution is -2.41. The number of alkyl carbamates (subject to hydrolysis) is 1. The summed E-state index contributed by atoms with van der Waals surface area (Å²) < 4.78 is 11.2. The number of nitrogens with one attached hydrogen (secondary N) is 1. The maximum absolute atomic E-state index is 11.4. The molecule has 22 heavy (non-hydrogen) atoms. The van der Waals surface area contributed by atoms with Gasteiger partial charge in [0, 0.05) is 21.5 Å². The lowest BCUT2D eigenvalue weighted by atomic mass is 10.1. The van der Waals surface area contributed by atoms with Crippen molar-refractivity contribution in [3.8, 4) is 5.75 Å². The van der Waals surface area contributed by atoms with Gasteiger partial charge in [-0.05, 0) is 39.0 Å². The van der Waals surface area contributed by atoms with E-state index in [-0.39, 0.29) is 18.8 Å². The molecule has 1 aromatic rings. The molecular formula is C15H21BrClNO4. The quantitative estimate of drug-likeness (QED) is 0.771. The second kappa shape index (κ2) is 8.60. The lowest BCUT2D eigenvalue weighted by molar-refractivity contribution is 0.0706. The summed E-state index contributed by atoms with van der Waals surface area (Å²) in [6.45, 7) is 5.79. The molecule has 1 aromatic carbocycles. The fraction of sp³-hybridized carbons (Fsp3) is 0.533. The maximum Gasteiger partial charge on any atom is 0.407 e. The highest BCUT2D eigenvalue weighted by molar-refractivity contribution is 9.10. The van der Waals surface area contributed by atoms with Gasteiger partial charge in [-0.15, -0.1) is 0 Å². The second-order valence-electron chi connectivity index (χ2n) is 5.87. The van der Waals surface area contributed by atoms with E-state index in [0.29, 0.717) is 17.2 Å². The van der Waals surface area contributed by atoms with Crippen LogP contribution in [0.3, 0.4) is 0 Å². The Morgan fingerprint density at radius 1 is 1.41 bits per heavy atom. The van der Waals surface area contributed by atoms with E-state index in [1.807, 2.05) is 20.8 Å². The molecule has 0 aromatic heterocycles. The number of amides is 1. The largest absolute Gasteiger partial charge is 0.491 e. The summed E-state index contributed by atoms with van der Waals surface area (Å²) in [5, 5.41) is 13.0. The van der Waals surface area contributed by atoms with Crippen LogP contribution >= 0.6 is 27.5 Å². The molecule has 0 fully saturated rings. The maximum atomic E-state index is 11.4. The Hall–Kier alpha value is -0.980. The zero-order chi connectivity index (χ0) is 16.8. The third-order valence-corrected chi connectivity index (χ3v) is 3.12. The summed E-state index contributed by atoms with van der Waals surface area (Å²) in [5.74, 6) is 0.560. The fourth-order valence-corrected chi connectivity index (χ4v) is 2.35. The van der Waals surface area contributed by atoms with Crippen molar-refractivity contribution in [2.24, 2.45) is 0 Å². The number of benzene rings is 1. The van der Waals surface area contributed by atoms with E-state index in [4.69, 9.17) is 21.1 Å². The van der Waals surface area contributed by atoms with Crippen LogP contribution in [-0.2, 0) is 4.74 Å². The number of hydrogen-bond donors (Lipinski definition) is 2. The van der Waals surface area contributed by atoms with Crippen LogP contribution in [0.15, 0.2) is 22.7 Å². The van der Waals surface area contributed by atoms with Crippen LogP contribution in [0.2, 0.25) is 5.02 Å². The van der Waals surface area contributed by atoms with Crippen LogP contribution in [0.1, 0.15) is 27.2 Å². The molecule has 1 atom stereocenters. The molecule has 0 aliphatic carbocycles. The highest BCUT2D eigenvalue weighted by Gasteiger charge is 2.15. The summed E-state index contributed by atoms with van der Waals surface area (Å²) >= 11 is 9.21. The molecule has 0 aliphatic heterocycles. The number of hydrogen-bond acceptors (Lipinski definition) is 4. The van der Waals surface area contributed by atoms with Gasteiger partial charge in [-0.25, -0.2) is 4.79 Å². The van der Waals surface area contributed by atoms with Gasteiger partial charge in [0.05, 0.1) is 12.7 Å². The van der Waals surface area contributed by atoms with Crippen LogP contribution in [0.5, 0.6) is 5.75 Å². The Kier molecular flexibility index (Phi) is 7.45. The van der Waals surface area contributed by atoms with Gasteiger partial charge in [0.25, 0.3) is 0 Å². The zero-order valence-corrected chi connectivity index (χ0v) is 15.2. The van der Waals surface area contributed by atoms with Crippen LogP contribution in [-0.4, -0.2) is 36.1 Å². The highest BCUT2D eigenvalue weighted by atomic mass is 79.9. The average Bonchev–Trinajstić information content (AvgIpc) is 2.33. The molecule has 124 valence electrons. The van der Waals surface area contributed by atoms with Crippen molar-refractivity contribution in [3.05, 3.63) is 27.7 Å². The first kappa shape index (κ1) is 19.1. The van der Waals surface area contributed by atoms with Crippen LogP contribution in [0, 0.1) is 0 Å². The Labute approximate surface area is 144 Å². The average molecular weight is 395 g/mol. The first-order valence-corrected chi connectivity index (χ1v) is 8.05. The number of carbonyl (C=O) groups excluding carboxylic acids is 1. The van der Waals surface area contributed by atoms with E-state index >= 15 is 0 Å². The topological polar surface area (TPSA) is 67.8 Å². The van der Waals surface area contributed by atoms with Crippen molar-refractivity contribution >= 4 is 33.6 Å². The molecule has 2 N–H and O–H groups in total. The van der Waals surface area contributed by atoms with Crippen molar-refractivity contribution < 1.29 is 19.4 Å². The Balaban J connectivity index is 2.26. The minimum absolute atomic E-state index is 0.0943. The van der Waals surface area contributed by atoms with Crippen LogP contribution in [0.25, 0.3) is 0 Å². The summed E-state index contributed by atoms with van der Waals surface area (Å²) in [6.07, 6.45) is -0.946. The van der Waals surface area contributed by atoms with Gasteiger partial charge in [0.15, 0.2) is 0 Å². The monoisotopic (exact) mass is 393 g/mol. The van der Waals surface area contributed by atoms with E-state index in [0.717, 1.165) is 4.47 Å². The first-order valence-electron chi connectivity index (χ1n) is 6.87. The van der Waals surface area contributed by atoms with E-state index in [1.54, 1.807) is 18.2 Å². The van der Waals surface area contributed by atoms with Crippen molar-refractivity contribution in [2.75, 3.05) is 13.2 Å². The molecule has 0 saturated heterocycles. The number of rotatable bonds is 6. The summed E-state index contributed by atoms with van der Waals surface area (Å²) in [4.78, 5) is 11.4. The standard InChI is InChI=1S/C15H21BrClNO4/c1-15(2,3)18-14(20)21-5-4-12(19)9-22-13-7-10(16)6-11(17)8-13/h6-8,12,19H,4-5,9H2,1-3H3,(H,18,20). The molecule has 7 heteroatoms. The third-order valence-electron chi connectivity index (χ3n) is 2.44. The number of carbonyl (C=O) groups is 1. The van der Waals surface area contributed by atoms with Gasteiger partial charge in [0.2, 0.25) is 0 Å². The predicted molar refractivity (Wildman–Crippen MR) is 89.5 cm³/mol. The van der Waals surface area contributed by atoms with Gasteiger partial charge < -0.3 is 19.9 Å². The number of halogens is 2. The SMILES string of the molecule is CC(C)(C)NC(=O)OCCC(O)COc1cc(Cl)cc(Br)c1. The molecule has 0 aliphatic rings. The molecule has 0 heterocycles. The van der Waals surface area contributed by atoms with E-state index < -0.39 is 12.2 Å². The van der Waals surface area contributed by atoms with Crippen molar-refractivity contribution in [2.45, 2.75) is 38.8 Å². The molecule has 0 bridgehead atoms. The second-order valence-corrected chi connectivity index (χ2v) is 7.22. The molecule has 0 saturated carbocycles. The predicted octanol–water partition coefficient (Wildman–Crippen LogP) is 3.76. The zero-order valence-electron chi connectivity index (χ0n) is 12.9. The summed E-state index contributed by atoms with van der Waals surface area (Å²) in [7, 11) is 0. The lowest BCUT2D eigenvalue weighted by Gasteiger charge is -2.20. The number of aliphatic hydroxyl groups is 1. The van der Waals surface area contributed by atoms with E-state index in [1.165, 1.54) is 0 Å². The molecule has 1 amide bonds. The fourth-order valence-electron chi connectivity index (χ4n) is 1.52. The molecule has 1 rings (SSSR count). The summed E-state index contributed by atoms with van der Waals surface area (Å²) in [6, 6.07) is 5.16. The van der Waals surface area contributed by atoms with Crippen LogP contribution in [0.4, 0.5) is 4.79 Å². The third kappa shape index (κ3) is 8.46. The van der Waals surface area contributed by atoms with Crippen molar-refractivity contribution in [1.82, 2.24) is 5.32 Å². The van der Waals surface area contributed by atoms with Gasteiger partial charge in [-0.3, -0.25) is 0 Å². The van der Waals surface area contributed by atoms with E-state index in [9.17, 15) is 9.90 Å². The van der Waals surface area contributed by atoms with E-state index in [2.05, 4.69) is 21.2 Å². The van der Waals surface area contributed by atoms with Gasteiger partial charge in [-0.2, -0.15) is 0 Å². The number of aliphatic hydroxyl groups excluding tert-OH is 1. The van der Waals surface area contributed by atoms with Crippen molar-refractivity contribution in [3.63, 3.8) is 0 Å². The molecule has 0 spiro atoms. The summed E-state index contributed by atoms with van der Waals surface area (Å²) in [5.41, 5.74) is -0.348. The minimum atomic E-state index is -0.736. The Bertz CT molecular complexity index is 485. The van der Waals surface area contributed by atoms with Crippen LogP contribution < -0.4 is 10.1 Å². The normalized spacial score (nSPS) is 12.6. The smallest absolute Gasteiger partial charge is 0.407 e. The Morgan fingerprint density at radius 2 is 2.09 bits per heavy atom. The molecule has 1 unspecified atom stereocenters. The van der Waals surface area contributed by atoms with Gasteiger partial charge in [0.1, 0.15) is 12.4 Å². The minimum Gasteiger partial charge on any atom is -0.491 e. The molecular weight excluding hydrogens is 374 g/mol. The molecule has 0 radical (unpaired) electrons. The molecule has 5 nitrogen and oxygen atoms in total. The number of ether oxygens (including phenoxy) is 2. The van der Waals surface area contributed by atoms with Gasteiger partial charge >= 0.3 is 6.09 Å². The first-order chi connectivity index (χ1) is 10.2. The Morgan fingerprint density at radius 3 is 2.68 bits per heavy atom. The van der Waals surface area contributed by atoms with Gasteiger partial charge in [-0.1, -0.05) is 27.5 Å². The highest BCUT2D eigenvalue weighted by Crippen LogP contribution is 2.24.